The Balaban J connectivity index is 1.73. The summed E-state index contributed by atoms with van der Waals surface area (Å²) in [5.74, 6) is -0.404. The van der Waals surface area contributed by atoms with Crippen molar-refractivity contribution >= 4 is 61.4 Å². The molecule has 0 bridgehead atoms. The predicted octanol–water partition coefficient (Wildman–Crippen LogP) is 4.61. The van der Waals surface area contributed by atoms with Crippen molar-refractivity contribution in [2.24, 2.45) is 9.50 Å². The van der Waals surface area contributed by atoms with E-state index in [-0.39, 0.29) is 22.0 Å². The molecular weight excluding hydrogens is 444 g/mol. The Hall–Kier alpha value is -2.96. The first-order valence-electron chi connectivity index (χ1n) is 8.62. The quantitative estimate of drug-likeness (QED) is 0.334. The van der Waals surface area contributed by atoms with Crippen molar-refractivity contribution in [1.82, 2.24) is 4.68 Å². The van der Waals surface area contributed by atoms with Crippen LogP contribution in [0.25, 0.3) is 10.2 Å². The zero-order valence-electron chi connectivity index (χ0n) is 15.1. The third-order valence-corrected chi connectivity index (χ3v) is 7.48. The molecule has 0 saturated carbocycles. The number of amidine groups is 1. The van der Waals surface area contributed by atoms with Gasteiger partial charge < -0.3 is 10.4 Å². The Bertz CT molecular complexity index is 1390. The van der Waals surface area contributed by atoms with Crippen LogP contribution < -0.4 is 10.9 Å². The molecule has 0 aliphatic carbocycles. The van der Waals surface area contributed by atoms with E-state index in [1.807, 2.05) is 16.8 Å². The van der Waals surface area contributed by atoms with Gasteiger partial charge >= 0.3 is 0 Å². The van der Waals surface area contributed by atoms with E-state index in [4.69, 9.17) is 0 Å². The molecule has 0 unspecified atom stereocenters. The summed E-state index contributed by atoms with van der Waals surface area (Å²) in [6.07, 6.45) is 1.55. The van der Waals surface area contributed by atoms with Crippen LogP contribution in [0.15, 0.2) is 71.7 Å². The van der Waals surface area contributed by atoms with Crippen molar-refractivity contribution in [3.8, 4) is 5.75 Å². The van der Waals surface area contributed by atoms with Crippen LogP contribution in [0.5, 0.6) is 5.75 Å². The number of nitrogens with zero attached hydrogens (tertiary/aromatic N) is 3. The van der Waals surface area contributed by atoms with Gasteiger partial charge in [-0.1, -0.05) is 22.9 Å². The fourth-order valence-electron chi connectivity index (χ4n) is 3.12. The van der Waals surface area contributed by atoms with Crippen LogP contribution in [-0.4, -0.2) is 30.9 Å². The number of hydrogen-bond acceptors (Lipinski definition) is 9. The molecular formula is C19H14N4O4S3. The monoisotopic (exact) mass is 458 g/mol. The van der Waals surface area contributed by atoms with E-state index in [1.54, 1.807) is 41.9 Å². The Morgan fingerprint density at radius 2 is 2.00 bits per heavy atom. The van der Waals surface area contributed by atoms with Crippen molar-refractivity contribution in [3.05, 3.63) is 74.0 Å². The van der Waals surface area contributed by atoms with Gasteiger partial charge in [-0.25, -0.2) is 0 Å². The lowest BCUT2D eigenvalue weighted by molar-refractivity contribution is 0.479. The lowest BCUT2D eigenvalue weighted by Crippen LogP contribution is -2.30. The number of anilines is 1. The van der Waals surface area contributed by atoms with Crippen LogP contribution in [0.3, 0.4) is 0 Å². The number of para-hydroxylation sites is 1. The van der Waals surface area contributed by atoms with Crippen molar-refractivity contribution in [2.75, 3.05) is 5.32 Å². The van der Waals surface area contributed by atoms with Gasteiger partial charge in [0.2, 0.25) is 0 Å². The average molecular weight is 459 g/mol. The average Bonchev–Trinajstić information content (AvgIpc) is 3.40. The minimum absolute atomic E-state index is 0.119. The molecule has 1 aliphatic rings. The highest BCUT2D eigenvalue weighted by Gasteiger charge is 2.30. The summed E-state index contributed by atoms with van der Waals surface area (Å²) < 4.78 is 26.6. The first-order chi connectivity index (χ1) is 14.5. The fourth-order valence-corrected chi connectivity index (χ4v) is 5.72. The van der Waals surface area contributed by atoms with E-state index in [1.165, 1.54) is 27.3 Å². The van der Waals surface area contributed by atoms with Crippen molar-refractivity contribution in [1.29, 1.82) is 0 Å². The maximum absolute atomic E-state index is 13.3. The molecule has 0 radical (unpaired) electrons. The normalized spacial score (nSPS) is 16.3. The molecule has 3 aromatic heterocycles. The molecule has 1 aromatic carbocycles. The lowest BCUT2D eigenvalue weighted by atomic mass is 10.2. The Morgan fingerprint density at radius 3 is 2.80 bits per heavy atom. The van der Waals surface area contributed by atoms with E-state index in [2.05, 4.69) is 14.8 Å². The molecule has 1 aliphatic heterocycles. The van der Waals surface area contributed by atoms with E-state index < -0.39 is 16.3 Å². The second kappa shape index (κ2) is 7.07. The maximum Gasteiger partial charge on any atom is 0.286 e. The third-order valence-electron chi connectivity index (χ3n) is 4.49. The predicted molar refractivity (Wildman–Crippen MR) is 123 cm³/mol. The van der Waals surface area contributed by atoms with Gasteiger partial charge in [-0.3, -0.25) is 13.9 Å². The Kier molecular flexibility index (Phi) is 4.49. The van der Waals surface area contributed by atoms with E-state index >= 15 is 0 Å². The van der Waals surface area contributed by atoms with Gasteiger partial charge in [0, 0.05) is 5.56 Å². The molecule has 4 heterocycles. The van der Waals surface area contributed by atoms with E-state index in [9.17, 15) is 19.0 Å². The number of fused-ring (bicyclic) bond motifs is 2. The fraction of sp³-hybridized carbons (Fsp3) is 0. The molecule has 0 spiro atoms. The molecule has 0 atom stereocenters. The minimum atomic E-state index is -3.54. The SMILES string of the molecule is O=c1c(C2=NS(O)(O)c3ccccc3N2)c(O)c2sccc2n1/N=C/c1ccsc1. The van der Waals surface area contributed by atoms with Gasteiger partial charge in [0.15, 0.2) is 11.6 Å². The molecule has 0 fully saturated rings. The van der Waals surface area contributed by atoms with Crippen LogP contribution in [0.1, 0.15) is 11.1 Å². The van der Waals surface area contributed by atoms with Gasteiger partial charge in [-0.05, 0) is 40.4 Å². The number of aromatic hydroxyl groups is 1. The van der Waals surface area contributed by atoms with Gasteiger partial charge in [0.1, 0.15) is 10.5 Å². The number of thiophene rings is 2. The summed E-state index contributed by atoms with van der Waals surface area (Å²) in [7, 11) is -3.54. The number of rotatable bonds is 3. The van der Waals surface area contributed by atoms with Crippen LogP contribution in [0, 0.1) is 0 Å². The highest BCUT2D eigenvalue weighted by Crippen LogP contribution is 2.55. The number of hydrogen-bond donors (Lipinski definition) is 4. The second-order valence-corrected chi connectivity index (χ2v) is 9.71. The standard InChI is InChI=1S/C19H14N4O4S3/c24-16-15(18-21-12-3-1-2-4-14(12)30(26,27)22-18)19(25)23(13-6-8-29-17(13)16)20-9-11-5-7-28-10-11/h1-10,24,26-27H,(H,21,22)/b20-9+. The molecule has 5 rings (SSSR count). The van der Waals surface area contributed by atoms with Gasteiger partial charge in [-0.15, -0.1) is 15.7 Å². The molecule has 4 aromatic rings. The first-order valence-corrected chi connectivity index (χ1v) is 11.9. The maximum atomic E-state index is 13.3. The van der Waals surface area contributed by atoms with Gasteiger partial charge in [0.05, 0.1) is 22.1 Å². The van der Waals surface area contributed by atoms with E-state index in [0.29, 0.717) is 15.9 Å². The largest absolute Gasteiger partial charge is 0.505 e. The third kappa shape index (κ3) is 3.04. The van der Waals surface area contributed by atoms with Gasteiger partial charge in [-0.2, -0.15) is 21.1 Å². The number of aromatic nitrogens is 1. The summed E-state index contributed by atoms with van der Waals surface area (Å²) in [6.45, 7) is 0. The smallest absolute Gasteiger partial charge is 0.286 e. The van der Waals surface area contributed by atoms with Crippen LogP contribution >= 0.6 is 33.4 Å². The van der Waals surface area contributed by atoms with Crippen molar-refractivity contribution < 1.29 is 14.2 Å². The van der Waals surface area contributed by atoms with Crippen molar-refractivity contribution in [2.45, 2.75) is 4.90 Å². The highest BCUT2D eigenvalue weighted by atomic mass is 32.3. The lowest BCUT2D eigenvalue weighted by Gasteiger charge is -2.34. The molecule has 8 nitrogen and oxygen atoms in total. The summed E-state index contributed by atoms with van der Waals surface area (Å²) in [6, 6.07) is 10.1. The highest BCUT2D eigenvalue weighted by molar-refractivity contribution is 8.23. The number of nitrogens with one attached hydrogen (secondary N) is 1. The summed E-state index contributed by atoms with van der Waals surface area (Å²) in [5.41, 5.74) is 0.871. The zero-order valence-corrected chi connectivity index (χ0v) is 17.5. The topological polar surface area (TPSA) is 119 Å². The molecule has 30 heavy (non-hydrogen) atoms. The molecule has 0 amide bonds. The second-order valence-electron chi connectivity index (χ2n) is 6.36. The van der Waals surface area contributed by atoms with Gasteiger partial charge in [0.25, 0.3) is 5.56 Å². The summed E-state index contributed by atoms with van der Waals surface area (Å²) in [4.78, 5) is 13.5. The molecule has 152 valence electrons. The number of benzene rings is 1. The minimum Gasteiger partial charge on any atom is -0.505 e. The molecule has 0 saturated heterocycles. The first kappa shape index (κ1) is 19.0. The summed E-state index contributed by atoms with van der Waals surface area (Å²) in [5, 5.41) is 23.6. The Labute approximate surface area is 179 Å². The van der Waals surface area contributed by atoms with Crippen LogP contribution in [0.4, 0.5) is 5.69 Å². The Morgan fingerprint density at radius 1 is 1.17 bits per heavy atom. The summed E-state index contributed by atoms with van der Waals surface area (Å²) >= 11 is 2.75. The molecule has 11 heteroatoms. The van der Waals surface area contributed by atoms with Crippen LogP contribution in [0.2, 0.25) is 0 Å². The number of pyridine rings is 1. The van der Waals surface area contributed by atoms with Crippen LogP contribution in [-0.2, 0) is 0 Å². The van der Waals surface area contributed by atoms with E-state index in [0.717, 1.165) is 5.56 Å². The van der Waals surface area contributed by atoms with Crippen molar-refractivity contribution in [3.63, 3.8) is 0 Å². The molecule has 4 N–H and O–H groups in total. The zero-order chi connectivity index (χ0) is 20.9.